The number of anilines is 1. The zero-order valence-electron chi connectivity index (χ0n) is 12.4. The van der Waals surface area contributed by atoms with Crippen molar-refractivity contribution in [3.8, 4) is 5.75 Å². The fraction of sp³-hybridized carbons (Fsp3) is 0.133. The molecule has 0 atom stereocenters. The van der Waals surface area contributed by atoms with Gasteiger partial charge in [-0.25, -0.2) is 17.2 Å². The average molecular weight is 357 g/mol. The fourth-order valence-electron chi connectivity index (χ4n) is 1.99. The van der Waals surface area contributed by atoms with Crippen molar-refractivity contribution in [2.24, 2.45) is 0 Å². The molecule has 0 radical (unpaired) electrons. The highest BCUT2D eigenvalue weighted by Crippen LogP contribution is 2.28. The van der Waals surface area contributed by atoms with Crippen molar-refractivity contribution in [1.82, 2.24) is 0 Å². The van der Waals surface area contributed by atoms with Gasteiger partial charge in [0.05, 0.1) is 19.2 Å². The van der Waals surface area contributed by atoms with E-state index in [2.05, 4.69) is 0 Å². The molecule has 2 aromatic rings. The molecule has 128 valence electrons. The Morgan fingerprint density at radius 3 is 2.54 bits per heavy atom. The summed E-state index contributed by atoms with van der Waals surface area (Å²) in [5.41, 5.74) is -0.357. The minimum Gasteiger partial charge on any atom is -0.495 e. The van der Waals surface area contributed by atoms with Crippen LogP contribution in [0.3, 0.4) is 0 Å². The fourth-order valence-corrected chi connectivity index (χ4v) is 3.27. The molecule has 0 unspecified atom stereocenters. The molecule has 9 heteroatoms. The number of benzene rings is 2. The SMILES string of the molecule is COc1ccc(CC(=O)O)cc1S(=O)(=O)Nc1cc(F)ccc1F. The number of nitrogens with one attached hydrogen (secondary N) is 1. The largest absolute Gasteiger partial charge is 0.495 e. The molecule has 0 aliphatic rings. The van der Waals surface area contributed by atoms with Crippen LogP contribution in [0.5, 0.6) is 5.75 Å². The monoisotopic (exact) mass is 357 g/mol. The number of rotatable bonds is 6. The molecule has 2 rings (SSSR count). The predicted molar refractivity (Wildman–Crippen MR) is 81.5 cm³/mol. The van der Waals surface area contributed by atoms with Crippen LogP contribution in [0.25, 0.3) is 0 Å². The lowest BCUT2D eigenvalue weighted by atomic mass is 10.1. The molecule has 0 aliphatic carbocycles. The van der Waals surface area contributed by atoms with E-state index >= 15 is 0 Å². The minimum absolute atomic E-state index is 0.0616. The summed E-state index contributed by atoms with van der Waals surface area (Å²) in [6, 6.07) is 6.11. The topological polar surface area (TPSA) is 92.7 Å². The smallest absolute Gasteiger partial charge is 0.307 e. The summed E-state index contributed by atoms with van der Waals surface area (Å²) in [4.78, 5) is 10.4. The first-order valence-electron chi connectivity index (χ1n) is 6.59. The average Bonchev–Trinajstić information content (AvgIpc) is 2.50. The summed E-state index contributed by atoms with van der Waals surface area (Å²) in [5.74, 6) is -2.98. The van der Waals surface area contributed by atoms with Gasteiger partial charge in [-0.2, -0.15) is 0 Å². The van der Waals surface area contributed by atoms with Crippen molar-refractivity contribution in [3.05, 3.63) is 53.6 Å². The van der Waals surface area contributed by atoms with Gasteiger partial charge in [-0.3, -0.25) is 9.52 Å². The number of sulfonamides is 1. The third kappa shape index (κ3) is 3.99. The van der Waals surface area contributed by atoms with Crippen molar-refractivity contribution in [1.29, 1.82) is 0 Å². The van der Waals surface area contributed by atoms with E-state index in [0.717, 1.165) is 18.2 Å². The van der Waals surface area contributed by atoms with Crippen molar-refractivity contribution in [2.75, 3.05) is 11.8 Å². The van der Waals surface area contributed by atoms with Crippen LogP contribution in [-0.2, 0) is 21.2 Å². The number of carboxylic acid groups (broad SMARTS) is 1. The molecular weight excluding hydrogens is 344 g/mol. The Labute approximate surface area is 136 Å². The Balaban J connectivity index is 2.47. The van der Waals surface area contributed by atoms with E-state index in [1.807, 2.05) is 4.72 Å². The molecule has 0 aromatic heterocycles. The summed E-state index contributed by atoms with van der Waals surface area (Å²) in [7, 11) is -3.10. The van der Waals surface area contributed by atoms with Gasteiger partial charge in [-0.05, 0) is 29.8 Å². The van der Waals surface area contributed by atoms with Gasteiger partial charge >= 0.3 is 5.97 Å². The molecule has 0 aliphatic heterocycles. The van der Waals surface area contributed by atoms with Crippen LogP contribution in [0.15, 0.2) is 41.3 Å². The standard InChI is InChI=1S/C15H13F2NO5S/c1-23-13-5-2-9(7-15(19)20)6-14(13)24(21,22)18-12-8-10(16)3-4-11(12)17/h2-6,8,18H,7H2,1H3,(H,19,20). The lowest BCUT2D eigenvalue weighted by molar-refractivity contribution is -0.136. The molecule has 0 heterocycles. The van der Waals surface area contributed by atoms with Crippen molar-refractivity contribution < 1.29 is 31.8 Å². The zero-order valence-corrected chi connectivity index (χ0v) is 13.2. The number of carbonyl (C=O) groups is 1. The quantitative estimate of drug-likeness (QED) is 0.828. The normalized spacial score (nSPS) is 11.1. The summed E-state index contributed by atoms with van der Waals surface area (Å²) in [6.45, 7) is 0. The lowest BCUT2D eigenvalue weighted by Gasteiger charge is -2.13. The molecule has 0 bridgehead atoms. The van der Waals surface area contributed by atoms with Crippen LogP contribution in [0.1, 0.15) is 5.56 Å². The van der Waals surface area contributed by atoms with Gasteiger partial charge in [-0.15, -0.1) is 0 Å². The van der Waals surface area contributed by atoms with Crippen LogP contribution in [0.4, 0.5) is 14.5 Å². The van der Waals surface area contributed by atoms with E-state index in [1.165, 1.54) is 19.2 Å². The van der Waals surface area contributed by atoms with Crippen molar-refractivity contribution in [3.63, 3.8) is 0 Å². The second-order valence-corrected chi connectivity index (χ2v) is 6.44. The number of hydrogen-bond acceptors (Lipinski definition) is 4. The van der Waals surface area contributed by atoms with Crippen molar-refractivity contribution in [2.45, 2.75) is 11.3 Å². The van der Waals surface area contributed by atoms with E-state index in [9.17, 15) is 22.0 Å². The third-order valence-corrected chi connectivity index (χ3v) is 4.43. The second-order valence-electron chi connectivity index (χ2n) is 4.79. The summed E-state index contributed by atoms with van der Waals surface area (Å²) >= 11 is 0. The first-order valence-corrected chi connectivity index (χ1v) is 8.08. The maximum absolute atomic E-state index is 13.6. The number of carboxylic acids is 1. The molecule has 0 amide bonds. The summed E-state index contributed by atoms with van der Waals surface area (Å²) in [5, 5.41) is 8.80. The van der Waals surface area contributed by atoms with E-state index in [4.69, 9.17) is 9.84 Å². The van der Waals surface area contributed by atoms with E-state index in [1.54, 1.807) is 0 Å². The number of halogens is 2. The Morgan fingerprint density at radius 2 is 1.92 bits per heavy atom. The zero-order chi connectivity index (χ0) is 17.9. The Bertz CT molecular complexity index is 883. The van der Waals surface area contributed by atoms with Crippen LogP contribution in [0, 0.1) is 11.6 Å². The van der Waals surface area contributed by atoms with E-state index in [-0.39, 0.29) is 16.2 Å². The first-order chi connectivity index (χ1) is 11.2. The molecule has 24 heavy (non-hydrogen) atoms. The lowest BCUT2D eigenvalue weighted by Crippen LogP contribution is -2.16. The molecule has 0 saturated carbocycles. The van der Waals surface area contributed by atoms with Crippen molar-refractivity contribution >= 4 is 21.7 Å². The molecule has 2 N–H and O–H groups in total. The number of hydrogen-bond donors (Lipinski definition) is 2. The molecule has 6 nitrogen and oxygen atoms in total. The van der Waals surface area contributed by atoms with Crippen LogP contribution < -0.4 is 9.46 Å². The van der Waals surface area contributed by atoms with Crippen LogP contribution in [0.2, 0.25) is 0 Å². The first kappa shape index (κ1) is 17.7. The Kier molecular flexibility index (Phi) is 5.03. The van der Waals surface area contributed by atoms with Gasteiger partial charge in [0, 0.05) is 6.07 Å². The Morgan fingerprint density at radius 1 is 1.21 bits per heavy atom. The Hall–Kier alpha value is -2.68. The number of methoxy groups -OCH3 is 1. The highest BCUT2D eigenvalue weighted by molar-refractivity contribution is 7.92. The highest BCUT2D eigenvalue weighted by atomic mass is 32.2. The van der Waals surface area contributed by atoms with Gasteiger partial charge < -0.3 is 9.84 Å². The van der Waals surface area contributed by atoms with Gasteiger partial charge in [-0.1, -0.05) is 6.07 Å². The minimum atomic E-state index is -4.33. The predicted octanol–water partition coefficient (Wildman–Crippen LogP) is 2.40. The van der Waals surface area contributed by atoms with Gasteiger partial charge in [0.2, 0.25) is 0 Å². The van der Waals surface area contributed by atoms with Gasteiger partial charge in [0.15, 0.2) is 0 Å². The molecule has 0 fully saturated rings. The molecule has 2 aromatic carbocycles. The maximum Gasteiger partial charge on any atom is 0.307 e. The van der Waals surface area contributed by atoms with Gasteiger partial charge in [0.25, 0.3) is 10.0 Å². The third-order valence-electron chi connectivity index (χ3n) is 3.05. The summed E-state index contributed by atoms with van der Waals surface area (Å²) < 4.78 is 58.6. The number of ether oxygens (including phenoxy) is 1. The molecular formula is C15H13F2NO5S. The molecule has 0 spiro atoms. The second kappa shape index (κ2) is 6.83. The van der Waals surface area contributed by atoms with E-state index in [0.29, 0.717) is 6.07 Å². The van der Waals surface area contributed by atoms with Crippen LogP contribution in [-0.4, -0.2) is 26.6 Å². The molecule has 0 saturated heterocycles. The maximum atomic E-state index is 13.6. The van der Waals surface area contributed by atoms with Gasteiger partial charge in [0.1, 0.15) is 22.3 Å². The van der Waals surface area contributed by atoms with E-state index < -0.39 is 39.7 Å². The number of aliphatic carboxylic acids is 1. The summed E-state index contributed by atoms with van der Waals surface area (Å²) in [6.07, 6.45) is -0.402. The van der Waals surface area contributed by atoms with Crippen LogP contribution >= 0.6 is 0 Å². The highest BCUT2D eigenvalue weighted by Gasteiger charge is 2.22.